The fraction of sp³-hybridized carbons (Fsp3) is 0.677. The first-order valence-electron chi connectivity index (χ1n) is 12.3. The van der Waals surface area contributed by atoms with Crippen molar-refractivity contribution < 1.29 is 28.8 Å². The summed E-state index contributed by atoms with van der Waals surface area (Å²) in [4.78, 5) is 69.4. The van der Waals surface area contributed by atoms with Crippen LogP contribution in [-0.4, -0.2) is 34.7 Å². The van der Waals surface area contributed by atoms with Crippen molar-refractivity contribution in [1.82, 2.24) is 0 Å². The number of carbonyl (C=O) groups excluding carboxylic acids is 6. The molecule has 0 saturated carbocycles. The summed E-state index contributed by atoms with van der Waals surface area (Å²) in [7, 11) is 0. The molecule has 0 aliphatic carbocycles. The molecule has 0 aromatic carbocycles. The van der Waals surface area contributed by atoms with E-state index in [4.69, 9.17) is 0 Å². The third kappa shape index (κ3) is 12.5. The van der Waals surface area contributed by atoms with Gasteiger partial charge >= 0.3 is 0 Å². The third-order valence-electron chi connectivity index (χ3n) is 7.47. The van der Waals surface area contributed by atoms with Crippen LogP contribution in [0.4, 0.5) is 0 Å². The highest BCUT2D eigenvalue weighted by Gasteiger charge is 2.40. The maximum Gasteiger partial charge on any atom is 0.155 e. The third-order valence-corrected chi connectivity index (χ3v) is 7.47. The van der Waals surface area contributed by atoms with Crippen LogP contribution < -0.4 is 0 Å². The van der Waals surface area contributed by atoms with Crippen molar-refractivity contribution >= 4 is 34.7 Å². The summed E-state index contributed by atoms with van der Waals surface area (Å²) in [6.45, 7) is 27.3. The Morgan fingerprint density at radius 1 is 0.486 bits per heavy atom. The Morgan fingerprint density at radius 2 is 0.703 bits per heavy atom. The van der Waals surface area contributed by atoms with Crippen LogP contribution in [-0.2, 0) is 28.8 Å². The topological polar surface area (TPSA) is 102 Å². The lowest BCUT2D eigenvalue weighted by Gasteiger charge is -2.34. The summed E-state index contributed by atoms with van der Waals surface area (Å²) >= 11 is 0. The average molecular weight is 521 g/mol. The van der Waals surface area contributed by atoms with Crippen LogP contribution in [0.15, 0.2) is 24.3 Å². The van der Waals surface area contributed by atoms with Crippen LogP contribution in [0.5, 0.6) is 0 Å². The first kappa shape index (κ1) is 39.0. The maximum atomic E-state index is 11.9. The maximum absolute atomic E-state index is 11.9. The van der Waals surface area contributed by atoms with E-state index >= 15 is 0 Å². The van der Waals surface area contributed by atoms with Crippen LogP contribution >= 0.6 is 0 Å². The SMILES string of the molecule is C.C=C(CC(C)(CC(C)(C)C(C)=O)C(C)=O)C(C)=O.C=C(CC(C)(CC(C)(C)C(C)=O)C(C)=O)C(C)=O. The predicted molar refractivity (Wildman–Crippen MR) is 151 cm³/mol. The minimum atomic E-state index is -0.710. The predicted octanol–water partition coefficient (Wildman–Crippen LogP) is 6.88. The van der Waals surface area contributed by atoms with Gasteiger partial charge in [-0.25, -0.2) is 0 Å². The zero-order valence-corrected chi connectivity index (χ0v) is 24.7. The summed E-state index contributed by atoms with van der Waals surface area (Å²) in [5, 5.41) is 0. The number of ketones is 6. The summed E-state index contributed by atoms with van der Waals surface area (Å²) in [5.41, 5.74) is -1.69. The van der Waals surface area contributed by atoms with Crippen molar-refractivity contribution in [2.24, 2.45) is 21.7 Å². The van der Waals surface area contributed by atoms with E-state index < -0.39 is 21.7 Å². The Morgan fingerprint density at radius 3 is 0.838 bits per heavy atom. The highest BCUT2D eigenvalue weighted by molar-refractivity contribution is 5.95. The standard InChI is InChI=1S/2C15H24O3.CH4/c2*1-10(11(2)16)8-15(7,13(4)18)9-14(5,6)12(3)17;/h2*1,8-9H2,2-7H3;1H4. The number of allylic oxidation sites excluding steroid dienone is 2. The summed E-state index contributed by atoms with van der Waals surface area (Å²) in [5.74, 6) is -0.156. The van der Waals surface area contributed by atoms with Crippen LogP contribution in [0.25, 0.3) is 0 Å². The van der Waals surface area contributed by atoms with Gasteiger partial charge in [-0.05, 0) is 78.4 Å². The molecule has 6 heteroatoms. The van der Waals surface area contributed by atoms with Gasteiger partial charge in [0.2, 0.25) is 0 Å². The van der Waals surface area contributed by atoms with Crippen LogP contribution in [0, 0.1) is 21.7 Å². The van der Waals surface area contributed by atoms with Crippen molar-refractivity contribution in [2.75, 3.05) is 0 Å². The summed E-state index contributed by atoms with van der Waals surface area (Å²) in [6.07, 6.45) is 1.48. The van der Waals surface area contributed by atoms with Crippen molar-refractivity contribution in [1.29, 1.82) is 0 Å². The van der Waals surface area contributed by atoms with E-state index in [0.717, 1.165) is 0 Å². The second-order valence-electron chi connectivity index (χ2n) is 12.1. The zero-order valence-electron chi connectivity index (χ0n) is 24.7. The molecule has 0 aromatic heterocycles. The van der Waals surface area contributed by atoms with E-state index in [-0.39, 0.29) is 42.1 Å². The molecule has 2 unspecified atom stereocenters. The molecule has 37 heavy (non-hydrogen) atoms. The van der Waals surface area contributed by atoms with Crippen LogP contribution in [0.3, 0.4) is 0 Å². The minimum absolute atomic E-state index is 0. The van der Waals surface area contributed by atoms with Gasteiger partial charge in [-0.3, -0.25) is 28.8 Å². The van der Waals surface area contributed by atoms with Gasteiger partial charge in [-0.2, -0.15) is 0 Å². The van der Waals surface area contributed by atoms with E-state index in [1.54, 1.807) is 13.8 Å². The quantitative estimate of drug-likeness (QED) is 0.231. The Balaban J connectivity index is -0.000000608. The molecule has 0 fully saturated rings. The number of rotatable bonds is 14. The number of hydrogen-bond donors (Lipinski definition) is 0. The molecule has 0 spiro atoms. The van der Waals surface area contributed by atoms with E-state index in [2.05, 4.69) is 13.2 Å². The molecule has 2 atom stereocenters. The largest absolute Gasteiger partial charge is 0.299 e. The fourth-order valence-electron chi connectivity index (χ4n) is 4.01. The monoisotopic (exact) mass is 520 g/mol. The van der Waals surface area contributed by atoms with Gasteiger partial charge in [0, 0.05) is 21.7 Å². The zero-order chi connectivity index (χ0) is 29.4. The van der Waals surface area contributed by atoms with Crippen molar-refractivity contribution in [2.45, 2.75) is 116 Å². The first-order valence-corrected chi connectivity index (χ1v) is 12.3. The highest BCUT2D eigenvalue weighted by Crippen LogP contribution is 2.41. The second kappa shape index (κ2) is 14.4. The number of Topliss-reactive ketones (excluding diaryl/α,β-unsaturated/α-hetero) is 6. The van der Waals surface area contributed by atoms with Gasteiger partial charge in [0.1, 0.15) is 23.1 Å². The summed E-state index contributed by atoms with van der Waals surface area (Å²) < 4.78 is 0. The molecule has 0 aliphatic heterocycles. The molecule has 0 saturated heterocycles. The second-order valence-corrected chi connectivity index (χ2v) is 12.1. The summed E-state index contributed by atoms with van der Waals surface area (Å²) in [6, 6.07) is 0. The van der Waals surface area contributed by atoms with Crippen molar-refractivity contribution in [3.63, 3.8) is 0 Å². The van der Waals surface area contributed by atoms with Crippen molar-refractivity contribution in [3.8, 4) is 0 Å². The van der Waals surface area contributed by atoms with Gasteiger partial charge in [0.25, 0.3) is 0 Å². The molecule has 0 N–H and O–H groups in total. The molecular formula is C31H52O6. The van der Waals surface area contributed by atoms with Gasteiger partial charge in [0.15, 0.2) is 11.6 Å². The first-order chi connectivity index (χ1) is 15.8. The Kier molecular flexibility index (Phi) is 15.2. The van der Waals surface area contributed by atoms with E-state index in [9.17, 15) is 28.8 Å². The van der Waals surface area contributed by atoms with E-state index in [1.807, 2.05) is 27.7 Å². The van der Waals surface area contributed by atoms with Gasteiger partial charge in [0.05, 0.1) is 0 Å². The number of hydrogen-bond acceptors (Lipinski definition) is 6. The molecule has 0 amide bonds. The number of carbonyl (C=O) groups is 6. The lowest BCUT2D eigenvalue weighted by Crippen LogP contribution is -2.36. The fourth-order valence-corrected chi connectivity index (χ4v) is 4.01. The highest BCUT2D eigenvalue weighted by atomic mass is 16.1. The van der Waals surface area contributed by atoms with Gasteiger partial charge in [-0.15, -0.1) is 0 Å². The molecule has 0 rings (SSSR count). The molecule has 0 aromatic rings. The van der Waals surface area contributed by atoms with Crippen molar-refractivity contribution in [3.05, 3.63) is 24.3 Å². The molecule has 0 radical (unpaired) electrons. The smallest absolute Gasteiger partial charge is 0.155 e. The van der Waals surface area contributed by atoms with E-state index in [0.29, 0.717) is 36.8 Å². The molecule has 0 heterocycles. The lowest BCUT2D eigenvalue weighted by molar-refractivity contribution is -0.133. The molecule has 0 aliphatic rings. The van der Waals surface area contributed by atoms with Gasteiger partial charge in [-0.1, -0.05) is 62.1 Å². The Labute approximate surface area is 225 Å². The molecule has 6 nitrogen and oxygen atoms in total. The van der Waals surface area contributed by atoms with E-state index in [1.165, 1.54) is 41.5 Å². The average Bonchev–Trinajstić information content (AvgIpc) is 2.66. The van der Waals surface area contributed by atoms with Gasteiger partial charge < -0.3 is 0 Å². The Bertz CT molecular complexity index is 857. The molecule has 0 bridgehead atoms. The normalized spacial score (nSPS) is 14.4. The minimum Gasteiger partial charge on any atom is -0.299 e. The lowest BCUT2D eigenvalue weighted by atomic mass is 9.67. The molecular weight excluding hydrogens is 468 g/mol. The van der Waals surface area contributed by atoms with Crippen LogP contribution in [0.1, 0.15) is 116 Å². The Hall–Kier alpha value is -2.50. The molecule has 212 valence electrons. The van der Waals surface area contributed by atoms with Crippen LogP contribution in [0.2, 0.25) is 0 Å².